The van der Waals surface area contributed by atoms with Crippen LogP contribution in [0.25, 0.3) is 0 Å². The third-order valence-electron chi connectivity index (χ3n) is 4.35. The molecule has 0 radical (unpaired) electrons. The van der Waals surface area contributed by atoms with Crippen molar-refractivity contribution >= 4 is 18.4 Å². The van der Waals surface area contributed by atoms with E-state index in [1.807, 2.05) is 32.8 Å². The minimum atomic E-state index is -0.529. The van der Waals surface area contributed by atoms with Crippen LogP contribution in [0.5, 0.6) is 0 Å². The first-order valence-electron chi connectivity index (χ1n) is 8.77. The fourth-order valence-electron chi connectivity index (χ4n) is 2.11. The smallest absolute Gasteiger partial charge is 0.325 e. The summed E-state index contributed by atoms with van der Waals surface area (Å²) in [5.74, 6) is -0.122. The number of likely N-dealkylation sites (N-methyl/N-ethyl adjacent to an activating group) is 1. The number of rotatable bonds is 13. The summed E-state index contributed by atoms with van der Waals surface area (Å²) in [6.07, 6.45) is 13.0. The van der Waals surface area contributed by atoms with Crippen LogP contribution in [-0.4, -0.2) is 37.1 Å². The van der Waals surface area contributed by atoms with Gasteiger partial charge >= 0.3 is 5.97 Å². The summed E-state index contributed by atoms with van der Waals surface area (Å²) >= 11 is 0. The standard InChI is InChI=1S/C18H37NO2.ClH/c1-6-7-8-9-10-11-12-13-14-15-16-21-17(20)18(2,3)19(4)5;/h6-16H2,1-5H3;1H. The van der Waals surface area contributed by atoms with Crippen LogP contribution in [0.3, 0.4) is 0 Å². The van der Waals surface area contributed by atoms with Crippen molar-refractivity contribution < 1.29 is 9.53 Å². The van der Waals surface area contributed by atoms with Crippen molar-refractivity contribution in [3.63, 3.8) is 0 Å². The Kier molecular flexibility index (Phi) is 15.6. The summed E-state index contributed by atoms with van der Waals surface area (Å²) in [7, 11) is 3.81. The Balaban J connectivity index is 0. The van der Waals surface area contributed by atoms with Gasteiger partial charge in [-0.1, -0.05) is 64.7 Å². The van der Waals surface area contributed by atoms with Crippen LogP contribution in [0.4, 0.5) is 0 Å². The lowest BCUT2D eigenvalue weighted by molar-refractivity contribution is -0.154. The second-order valence-electron chi connectivity index (χ2n) is 6.77. The number of halogens is 1. The number of nitrogens with zero attached hydrogens (tertiary/aromatic N) is 1. The molecule has 22 heavy (non-hydrogen) atoms. The maximum Gasteiger partial charge on any atom is 0.325 e. The first-order chi connectivity index (χ1) is 9.92. The summed E-state index contributed by atoms with van der Waals surface area (Å²) in [6.45, 7) is 6.61. The summed E-state index contributed by atoms with van der Waals surface area (Å²) in [5.41, 5.74) is -0.529. The second kappa shape index (κ2) is 14.3. The van der Waals surface area contributed by atoms with Crippen LogP contribution in [-0.2, 0) is 9.53 Å². The van der Waals surface area contributed by atoms with Gasteiger partial charge in [0.2, 0.25) is 0 Å². The maximum absolute atomic E-state index is 11.9. The van der Waals surface area contributed by atoms with Gasteiger partial charge in [0.15, 0.2) is 0 Å². The van der Waals surface area contributed by atoms with Crippen molar-refractivity contribution in [2.75, 3.05) is 20.7 Å². The molecule has 0 heterocycles. The van der Waals surface area contributed by atoms with E-state index in [1.165, 1.54) is 57.8 Å². The van der Waals surface area contributed by atoms with Crippen molar-refractivity contribution in [2.24, 2.45) is 0 Å². The molecule has 0 rings (SSSR count). The van der Waals surface area contributed by atoms with Crippen LogP contribution in [0, 0.1) is 0 Å². The topological polar surface area (TPSA) is 29.5 Å². The highest BCUT2D eigenvalue weighted by atomic mass is 35.5. The van der Waals surface area contributed by atoms with E-state index in [9.17, 15) is 4.79 Å². The van der Waals surface area contributed by atoms with Gasteiger partial charge in [-0.3, -0.25) is 9.69 Å². The lowest BCUT2D eigenvalue weighted by Gasteiger charge is -2.29. The van der Waals surface area contributed by atoms with Gasteiger partial charge < -0.3 is 4.74 Å². The number of hydrogen-bond donors (Lipinski definition) is 0. The molecule has 0 atom stereocenters. The first-order valence-corrected chi connectivity index (χ1v) is 8.77. The van der Waals surface area contributed by atoms with Crippen LogP contribution in [0.15, 0.2) is 0 Å². The van der Waals surface area contributed by atoms with E-state index >= 15 is 0 Å². The molecule has 0 bridgehead atoms. The molecule has 0 unspecified atom stereocenters. The molecule has 3 nitrogen and oxygen atoms in total. The van der Waals surface area contributed by atoms with Crippen LogP contribution in [0.2, 0.25) is 0 Å². The minimum Gasteiger partial charge on any atom is -0.464 e. The van der Waals surface area contributed by atoms with Crippen molar-refractivity contribution in [3.05, 3.63) is 0 Å². The molecule has 134 valence electrons. The van der Waals surface area contributed by atoms with Crippen molar-refractivity contribution in [1.29, 1.82) is 0 Å². The van der Waals surface area contributed by atoms with E-state index < -0.39 is 5.54 Å². The predicted octanol–water partition coefficient (Wildman–Crippen LogP) is 5.21. The molecule has 0 aliphatic heterocycles. The zero-order valence-corrected chi connectivity index (χ0v) is 16.3. The van der Waals surface area contributed by atoms with Gasteiger partial charge in [-0.15, -0.1) is 12.4 Å². The zero-order chi connectivity index (χ0) is 16.1. The van der Waals surface area contributed by atoms with Gasteiger partial charge in [0.05, 0.1) is 6.61 Å². The second-order valence-corrected chi connectivity index (χ2v) is 6.77. The van der Waals surface area contributed by atoms with Crippen molar-refractivity contribution in [3.8, 4) is 0 Å². The Morgan fingerprint density at radius 2 is 1.27 bits per heavy atom. The quantitative estimate of drug-likeness (QED) is 0.341. The molecule has 0 aromatic carbocycles. The molecule has 0 amide bonds. The summed E-state index contributed by atoms with van der Waals surface area (Å²) in [5, 5.41) is 0. The highest BCUT2D eigenvalue weighted by Crippen LogP contribution is 2.13. The van der Waals surface area contributed by atoms with Gasteiger partial charge in [-0.25, -0.2) is 0 Å². The molecule has 0 aromatic heterocycles. The molecular formula is C18H38ClNO2. The Hall–Kier alpha value is -0.280. The van der Waals surface area contributed by atoms with E-state index in [0.717, 1.165) is 6.42 Å². The molecule has 0 spiro atoms. The van der Waals surface area contributed by atoms with E-state index in [2.05, 4.69) is 6.92 Å². The fraction of sp³-hybridized carbons (Fsp3) is 0.944. The lowest BCUT2D eigenvalue weighted by Crippen LogP contribution is -2.46. The molecule has 0 aliphatic rings. The number of carbonyl (C=O) groups is 1. The van der Waals surface area contributed by atoms with Crippen LogP contribution in [0.1, 0.15) is 85.0 Å². The third kappa shape index (κ3) is 11.3. The number of carbonyl (C=O) groups excluding carboxylic acids is 1. The average molecular weight is 336 g/mol. The van der Waals surface area contributed by atoms with E-state index in [1.54, 1.807) is 0 Å². The number of unbranched alkanes of at least 4 members (excludes halogenated alkanes) is 9. The van der Waals surface area contributed by atoms with Gasteiger partial charge in [-0.2, -0.15) is 0 Å². The summed E-state index contributed by atoms with van der Waals surface area (Å²) in [6, 6.07) is 0. The number of ether oxygens (including phenoxy) is 1. The summed E-state index contributed by atoms with van der Waals surface area (Å²) < 4.78 is 5.36. The molecule has 4 heteroatoms. The van der Waals surface area contributed by atoms with Crippen molar-refractivity contribution in [2.45, 2.75) is 90.5 Å². The van der Waals surface area contributed by atoms with E-state index in [0.29, 0.717) is 6.61 Å². The van der Waals surface area contributed by atoms with Crippen LogP contribution < -0.4 is 0 Å². The van der Waals surface area contributed by atoms with Gasteiger partial charge in [0.25, 0.3) is 0 Å². The Labute approximate surface area is 144 Å². The Morgan fingerprint density at radius 3 is 1.68 bits per heavy atom. The molecular weight excluding hydrogens is 298 g/mol. The highest BCUT2D eigenvalue weighted by molar-refractivity contribution is 5.85. The molecule has 0 saturated carbocycles. The zero-order valence-electron chi connectivity index (χ0n) is 15.5. The van der Waals surface area contributed by atoms with Crippen LogP contribution >= 0.6 is 12.4 Å². The Bertz CT molecular complexity index is 268. The van der Waals surface area contributed by atoms with E-state index in [-0.39, 0.29) is 18.4 Å². The largest absolute Gasteiger partial charge is 0.464 e. The number of esters is 1. The monoisotopic (exact) mass is 335 g/mol. The molecule has 0 aromatic rings. The molecule has 0 fully saturated rings. The Morgan fingerprint density at radius 1 is 0.864 bits per heavy atom. The lowest BCUT2D eigenvalue weighted by atomic mass is 10.1. The maximum atomic E-state index is 11.9. The minimum absolute atomic E-state index is 0. The van der Waals surface area contributed by atoms with Gasteiger partial charge in [-0.05, 0) is 34.4 Å². The van der Waals surface area contributed by atoms with Crippen molar-refractivity contribution in [1.82, 2.24) is 4.90 Å². The number of hydrogen-bond acceptors (Lipinski definition) is 3. The molecule has 0 N–H and O–H groups in total. The van der Waals surface area contributed by atoms with Gasteiger partial charge in [0, 0.05) is 0 Å². The van der Waals surface area contributed by atoms with Gasteiger partial charge in [0.1, 0.15) is 5.54 Å². The highest BCUT2D eigenvalue weighted by Gasteiger charge is 2.31. The average Bonchev–Trinajstić information content (AvgIpc) is 2.44. The normalized spacial score (nSPS) is 11.4. The molecule has 0 saturated heterocycles. The fourth-order valence-corrected chi connectivity index (χ4v) is 2.11. The molecule has 0 aliphatic carbocycles. The SMILES string of the molecule is CCCCCCCCCCCCOC(=O)C(C)(C)N(C)C.Cl. The third-order valence-corrected chi connectivity index (χ3v) is 4.35. The predicted molar refractivity (Wildman–Crippen MR) is 97.8 cm³/mol. The summed E-state index contributed by atoms with van der Waals surface area (Å²) in [4.78, 5) is 13.8. The first kappa shape index (κ1) is 24.0. The van der Waals surface area contributed by atoms with E-state index in [4.69, 9.17) is 4.74 Å².